The van der Waals surface area contributed by atoms with E-state index in [1.54, 1.807) is 0 Å². The Labute approximate surface area is 118 Å². The van der Waals surface area contributed by atoms with Crippen molar-refractivity contribution in [3.8, 4) is 0 Å². The summed E-state index contributed by atoms with van der Waals surface area (Å²) in [6.45, 7) is 11.0. The number of carbonyl (C=O) groups is 2. The number of amides is 1. The van der Waals surface area contributed by atoms with Gasteiger partial charge in [0.15, 0.2) is 0 Å². The molecule has 0 aliphatic heterocycles. The number of hydrogen-bond acceptors (Lipinski definition) is 2. The molecule has 0 heterocycles. The standard InChI is InChI=1S/C16H31NO2/c1-6-9-15(18)14(8-3)10-13(5)16(19)17-11-12(4)7-2/h12-14H,6-11H2,1-5H3,(H,17,19). The summed E-state index contributed by atoms with van der Waals surface area (Å²) in [5, 5.41) is 2.98. The van der Waals surface area contributed by atoms with E-state index in [0.29, 0.717) is 24.5 Å². The number of hydrogen-bond donors (Lipinski definition) is 1. The van der Waals surface area contributed by atoms with Crippen LogP contribution in [0.4, 0.5) is 0 Å². The van der Waals surface area contributed by atoms with Gasteiger partial charge in [-0.3, -0.25) is 9.59 Å². The van der Waals surface area contributed by atoms with Crippen molar-refractivity contribution in [3.63, 3.8) is 0 Å². The van der Waals surface area contributed by atoms with Gasteiger partial charge < -0.3 is 5.32 Å². The van der Waals surface area contributed by atoms with Gasteiger partial charge in [0.2, 0.25) is 5.91 Å². The zero-order valence-corrected chi connectivity index (χ0v) is 13.3. The van der Waals surface area contributed by atoms with E-state index in [1.165, 1.54) is 0 Å². The number of rotatable bonds is 10. The molecule has 0 radical (unpaired) electrons. The lowest BCUT2D eigenvalue weighted by Gasteiger charge is -2.19. The molecule has 3 unspecified atom stereocenters. The molecule has 1 amide bonds. The van der Waals surface area contributed by atoms with Crippen LogP contribution in [0.2, 0.25) is 0 Å². The van der Waals surface area contributed by atoms with E-state index in [2.05, 4.69) is 19.2 Å². The first-order chi connectivity index (χ1) is 8.96. The second-order valence-corrected chi connectivity index (χ2v) is 5.72. The lowest BCUT2D eigenvalue weighted by Crippen LogP contribution is -2.34. The van der Waals surface area contributed by atoms with Gasteiger partial charge in [-0.05, 0) is 25.2 Å². The summed E-state index contributed by atoms with van der Waals surface area (Å²) in [7, 11) is 0. The van der Waals surface area contributed by atoms with Crippen molar-refractivity contribution in [2.45, 2.75) is 66.7 Å². The van der Waals surface area contributed by atoms with Gasteiger partial charge in [-0.2, -0.15) is 0 Å². The van der Waals surface area contributed by atoms with E-state index in [4.69, 9.17) is 0 Å². The Morgan fingerprint density at radius 3 is 2.16 bits per heavy atom. The summed E-state index contributed by atoms with van der Waals surface area (Å²) >= 11 is 0. The average Bonchev–Trinajstić information content (AvgIpc) is 2.41. The smallest absolute Gasteiger partial charge is 0.222 e. The maximum atomic E-state index is 12.0. The zero-order valence-electron chi connectivity index (χ0n) is 13.3. The molecule has 0 aliphatic carbocycles. The van der Waals surface area contributed by atoms with Crippen LogP contribution in [0, 0.1) is 17.8 Å². The van der Waals surface area contributed by atoms with Crippen LogP contribution in [0.3, 0.4) is 0 Å². The third-order valence-electron chi connectivity index (χ3n) is 3.85. The second kappa shape index (κ2) is 9.99. The monoisotopic (exact) mass is 269 g/mol. The van der Waals surface area contributed by atoms with Crippen LogP contribution in [-0.4, -0.2) is 18.2 Å². The maximum Gasteiger partial charge on any atom is 0.222 e. The van der Waals surface area contributed by atoms with Crippen LogP contribution < -0.4 is 5.32 Å². The minimum absolute atomic E-state index is 0.0456. The van der Waals surface area contributed by atoms with E-state index in [0.717, 1.165) is 25.8 Å². The summed E-state index contributed by atoms with van der Waals surface area (Å²) < 4.78 is 0. The largest absolute Gasteiger partial charge is 0.356 e. The first kappa shape index (κ1) is 18.1. The van der Waals surface area contributed by atoms with Gasteiger partial charge in [-0.25, -0.2) is 0 Å². The summed E-state index contributed by atoms with van der Waals surface area (Å²) in [5.41, 5.74) is 0. The fourth-order valence-corrected chi connectivity index (χ4v) is 2.10. The van der Waals surface area contributed by atoms with Crippen LogP contribution in [0.5, 0.6) is 0 Å². The van der Waals surface area contributed by atoms with Crippen molar-refractivity contribution < 1.29 is 9.59 Å². The van der Waals surface area contributed by atoms with Gasteiger partial charge in [0.25, 0.3) is 0 Å². The van der Waals surface area contributed by atoms with Crippen LogP contribution in [-0.2, 0) is 9.59 Å². The highest BCUT2D eigenvalue weighted by atomic mass is 16.2. The van der Waals surface area contributed by atoms with Crippen LogP contribution in [0.25, 0.3) is 0 Å². The van der Waals surface area contributed by atoms with Crippen molar-refractivity contribution in [1.82, 2.24) is 5.32 Å². The highest BCUT2D eigenvalue weighted by molar-refractivity contribution is 5.83. The molecule has 0 bridgehead atoms. The molecule has 1 N–H and O–H groups in total. The Hall–Kier alpha value is -0.860. The Morgan fingerprint density at radius 2 is 1.68 bits per heavy atom. The molecular weight excluding hydrogens is 238 g/mol. The molecule has 112 valence electrons. The van der Waals surface area contributed by atoms with Crippen LogP contribution >= 0.6 is 0 Å². The topological polar surface area (TPSA) is 46.2 Å². The van der Waals surface area contributed by atoms with Crippen molar-refractivity contribution in [2.75, 3.05) is 6.54 Å². The molecule has 0 aromatic heterocycles. The van der Waals surface area contributed by atoms with E-state index in [9.17, 15) is 9.59 Å². The predicted octanol–water partition coefficient (Wildman–Crippen LogP) is 3.57. The highest BCUT2D eigenvalue weighted by Gasteiger charge is 2.22. The number of nitrogens with one attached hydrogen (secondary N) is 1. The Bertz CT molecular complexity index is 276. The van der Waals surface area contributed by atoms with Gasteiger partial charge in [-0.1, -0.05) is 41.0 Å². The van der Waals surface area contributed by atoms with Crippen molar-refractivity contribution in [1.29, 1.82) is 0 Å². The Kier molecular flexibility index (Phi) is 9.54. The molecule has 19 heavy (non-hydrogen) atoms. The number of carbonyl (C=O) groups excluding carboxylic acids is 2. The second-order valence-electron chi connectivity index (χ2n) is 5.72. The van der Waals surface area contributed by atoms with Crippen molar-refractivity contribution in [3.05, 3.63) is 0 Å². The minimum Gasteiger partial charge on any atom is -0.356 e. The van der Waals surface area contributed by atoms with Gasteiger partial charge in [-0.15, -0.1) is 0 Å². The molecule has 3 heteroatoms. The molecule has 0 aliphatic rings. The highest BCUT2D eigenvalue weighted by Crippen LogP contribution is 2.19. The van der Waals surface area contributed by atoms with Gasteiger partial charge >= 0.3 is 0 Å². The van der Waals surface area contributed by atoms with Gasteiger partial charge in [0.05, 0.1) is 0 Å². The van der Waals surface area contributed by atoms with Gasteiger partial charge in [0, 0.05) is 24.8 Å². The average molecular weight is 269 g/mol. The number of Topliss-reactive ketones (excluding diaryl/α,β-unsaturated/α-hetero) is 1. The molecule has 0 aromatic rings. The first-order valence-corrected chi connectivity index (χ1v) is 7.76. The van der Waals surface area contributed by atoms with Crippen LogP contribution in [0.15, 0.2) is 0 Å². The van der Waals surface area contributed by atoms with Crippen LogP contribution in [0.1, 0.15) is 66.7 Å². The fraction of sp³-hybridized carbons (Fsp3) is 0.875. The summed E-state index contributed by atoms with van der Waals surface area (Å²) in [6, 6.07) is 0. The number of ketones is 1. The summed E-state index contributed by atoms with van der Waals surface area (Å²) in [5.74, 6) is 0.883. The molecule has 3 nitrogen and oxygen atoms in total. The molecule has 0 spiro atoms. The Balaban J connectivity index is 4.21. The van der Waals surface area contributed by atoms with Crippen molar-refractivity contribution in [2.24, 2.45) is 17.8 Å². The predicted molar refractivity (Wildman–Crippen MR) is 79.9 cm³/mol. The first-order valence-electron chi connectivity index (χ1n) is 7.76. The molecule has 0 rings (SSSR count). The third kappa shape index (κ3) is 7.34. The molecular formula is C16H31NO2. The minimum atomic E-state index is -0.0742. The van der Waals surface area contributed by atoms with Crippen molar-refractivity contribution >= 4 is 11.7 Å². The van der Waals surface area contributed by atoms with Gasteiger partial charge in [0.1, 0.15) is 5.78 Å². The maximum absolute atomic E-state index is 12.0. The third-order valence-corrected chi connectivity index (χ3v) is 3.85. The van der Waals surface area contributed by atoms with E-state index in [-0.39, 0.29) is 17.7 Å². The molecule has 0 saturated carbocycles. The SMILES string of the molecule is CCCC(=O)C(CC)CC(C)C(=O)NCC(C)CC. The van der Waals surface area contributed by atoms with E-state index >= 15 is 0 Å². The summed E-state index contributed by atoms with van der Waals surface area (Å²) in [6.07, 6.45) is 4.12. The Morgan fingerprint density at radius 1 is 1.05 bits per heavy atom. The molecule has 0 saturated heterocycles. The summed E-state index contributed by atoms with van der Waals surface area (Å²) in [4.78, 5) is 23.9. The lowest BCUT2D eigenvalue weighted by molar-refractivity contribution is -0.127. The normalized spacial score (nSPS) is 15.6. The van der Waals surface area contributed by atoms with E-state index < -0.39 is 0 Å². The zero-order chi connectivity index (χ0) is 14.8. The lowest BCUT2D eigenvalue weighted by atomic mass is 9.88. The quantitative estimate of drug-likeness (QED) is 0.659. The fourth-order valence-electron chi connectivity index (χ4n) is 2.10. The molecule has 0 fully saturated rings. The van der Waals surface area contributed by atoms with E-state index in [1.807, 2.05) is 20.8 Å². The molecule has 3 atom stereocenters. The molecule has 0 aromatic carbocycles.